The summed E-state index contributed by atoms with van der Waals surface area (Å²) in [6.45, 7) is 3.08. The summed E-state index contributed by atoms with van der Waals surface area (Å²) in [5.41, 5.74) is 8.13. The van der Waals surface area contributed by atoms with Gasteiger partial charge in [0, 0.05) is 24.8 Å². The molecule has 0 atom stereocenters. The van der Waals surface area contributed by atoms with E-state index in [1.54, 1.807) is 7.11 Å². The SMILES string of the molecule is COc1cc(N2CCCCC2)ccc1CCCN. The highest BCUT2D eigenvalue weighted by molar-refractivity contribution is 5.54. The summed E-state index contributed by atoms with van der Waals surface area (Å²) in [5.74, 6) is 1.01. The smallest absolute Gasteiger partial charge is 0.124 e. The third-order valence-corrected chi connectivity index (χ3v) is 3.64. The van der Waals surface area contributed by atoms with E-state index in [1.807, 2.05) is 0 Å². The first-order chi connectivity index (χ1) is 8.85. The Morgan fingerprint density at radius 3 is 2.67 bits per heavy atom. The van der Waals surface area contributed by atoms with E-state index in [0.717, 1.165) is 25.1 Å². The van der Waals surface area contributed by atoms with Crippen LogP contribution in [0.3, 0.4) is 0 Å². The first-order valence-corrected chi connectivity index (χ1v) is 6.97. The molecule has 1 aliphatic heterocycles. The van der Waals surface area contributed by atoms with Gasteiger partial charge in [0.05, 0.1) is 7.11 Å². The highest BCUT2D eigenvalue weighted by Crippen LogP contribution is 2.28. The van der Waals surface area contributed by atoms with Crippen LogP contribution in [0.1, 0.15) is 31.2 Å². The normalized spacial score (nSPS) is 15.8. The predicted octanol–water partition coefficient (Wildman–Crippen LogP) is 2.58. The monoisotopic (exact) mass is 248 g/mol. The number of piperidine rings is 1. The van der Waals surface area contributed by atoms with Crippen molar-refractivity contribution in [3.8, 4) is 5.75 Å². The van der Waals surface area contributed by atoms with Crippen LogP contribution >= 0.6 is 0 Å². The zero-order valence-electron chi connectivity index (χ0n) is 11.3. The topological polar surface area (TPSA) is 38.5 Å². The number of anilines is 1. The Morgan fingerprint density at radius 2 is 2.00 bits per heavy atom. The Labute approximate surface area is 110 Å². The van der Waals surface area contributed by atoms with Crippen molar-refractivity contribution in [2.45, 2.75) is 32.1 Å². The second kappa shape index (κ2) is 6.64. The molecule has 0 amide bonds. The molecule has 0 bridgehead atoms. The molecule has 3 heteroatoms. The van der Waals surface area contributed by atoms with Crippen molar-refractivity contribution in [2.24, 2.45) is 5.73 Å². The maximum atomic E-state index is 5.57. The van der Waals surface area contributed by atoms with E-state index in [4.69, 9.17) is 10.5 Å². The average Bonchev–Trinajstić information content (AvgIpc) is 2.46. The van der Waals surface area contributed by atoms with E-state index in [-0.39, 0.29) is 0 Å². The van der Waals surface area contributed by atoms with Gasteiger partial charge in [-0.2, -0.15) is 0 Å². The Balaban J connectivity index is 2.12. The van der Waals surface area contributed by atoms with Crippen LogP contribution in [-0.4, -0.2) is 26.7 Å². The van der Waals surface area contributed by atoms with Crippen LogP contribution in [0.4, 0.5) is 5.69 Å². The van der Waals surface area contributed by atoms with Gasteiger partial charge in [-0.3, -0.25) is 0 Å². The standard InChI is InChI=1S/C15H24N2O/c1-18-15-12-14(17-10-3-2-4-11-17)8-7-13(15)6-5-9-16/h7-8,12H,2-6,9-11,16H2,1H3. The molecule has 0 radical (unpaired) electrons. The number of hydrogen-bond acceptors (Lipinski definition) is 3. The van der Waals surface area contributed by atoms with Gasteiger partial charge >= 0.3 is 0 Å². The van der Waals surface area contributed by atoms with Crippen LogP contribution in [0.2, 0.25) is 0 Å². The van der Waals surface area contributed by atoms with Crippen molar-refractivity contribution >= 4 is 5.69 Å². The molecule has 0 unspecified atom stereocenters. The molecule has 0 spiro atoms. The van der Waals surface area contributed by atoms with Gasteiger partial charge in [0.1, 0.15) is 5.75 Å². The third kappa shape index (κ3) is 3.16. The summed E-state index contributed by atoms with van der Waals surface area (Å²) in [6, 6.07) is 6.59. The van der Waals surface area contributed by atoms with Gasteiger partial charge in [-0.1, -0.05) is 6.07 Å². The largest absolute Gasteiger partial charge is 0.496 e. The van der Waals surface area contributed by atoms with Gasteiger partial charge < -0.3 is 15.4 Å². The molecule has 0 aromatic heterocycles. The van der Waals surface area contributed by atoms with E-state index in [9.17, 15) is 0 Å². The van der Waals surface area contributed by atoms with Crippen LogP contribution < -0.4 is 15.4 Å². The van der Waals surface area contributed by atoms with Gasteiger partial charge in [-0.15, -0.1) is 0 Å². The molecule has 1 aromatic carbocycles. The maximum Gasteiger partial charge on any atom is 0.124 e. The Bertz CT molecular complexity index is 373. The first kappa shape index (κ1) is 13.2. The second-order valence-corrected chi connectivity index (χ2v) is 4.94. The molecule has 18 heavy (non-hydrogen) atoms. The fourth-order valence-corrected chi connectivity index (χ4v) is 2.58. The molecule has 0 saturated carbocycles. The van der Waals surface area contributed by atoms with Crippen molar-refractivity contribution < 1.29 is 4.74 Å². The van der Waals surface area contributed by atoms with Crippen molar-refractivity contribution in [2.75, 3.05) is 31.6 Å². The number of hydrogen-bond donors (Lipinski definition) is 1. The third-order valence-electron chi connectivity index (χ3n) is 3.64. The quantitative estimate of drug-likeness (QED) is 0.870. The van der Waals surface area contributed by atoms with Gasteiger partial charge in [-0.25, -0.2) is 0 Å². The summed E-state index contributed by atoms with van der Waals surface area (Å²) < 4.78 is 5.51. The molecule has 1 aromatic rings. The van der Waals surface area contributed by atoms with Gasteiger partial charge in [0.2, 0.25) is 0 Å². The molecule has 1 saturated heterocycles. The zero-order valence-corrected chi connectivity index (χ0v) is 11.3. The lowest BCUT2D eigenvalue weighted by atomic mass is 10.1. The van der Waals surface area contributed by atoms with Crippen LogP contribution in [0.15, 0.2) is 18.2 Å². The van der Waals surface area contributed by atoms with Crippen molar-refractivity contribution in [3.63, 3.8) is 0 Å². The molecule has 2 N–H and O–H groups in total. The van der Waals surface area contributed by atoms with E-state index >= 15 is 0 Å². The molecular weight excluding hydrogens is 224 g/mol. The number of benzene rings is 1. The second-order valence-electron chi connectivity index (χ2n) is 4.94. The Morgan fingerprint density at radius 1 is 1.22 bits per heavy atom. The summed E-state index contributed by atoms with van der Waals surface area (Å²) in [4.78, 5) is 2.46. The van der Waals surface area contributed by atoms with Gasteiger partial charge in [0.25, 0.3) is 0 Å². The zero-order chi connectivity index (χ0) is 12.8. The summed E-state index contributed by atoms with van der Waals surface area (Å²) in [5, 5.41) is 0. The van der Waals surface area contributed by atoms with Crippen LogP contribution in [0.25, 0.3) is 0 Å². The van der Waals surface area contributed by atoms with Crippen LogP contribution in [0, 0.1) is 0 Å². The molecule has 1 fully saturated rings. The van der Waals surface area contributed by atoms with Crippen molar-refractivity contribution in [1.82, 2.24) is 0 Å². The van der Waals surface area contributed by atoms with Crippen molar-refractivity contribution in [3.05, 3.63) is 23.8 Å². The summed E-state index contributed by atoms with van der Waals surface area (Å²) in [6.07, 6.45) is 5.98. The summed E-state index contributed by atoms with van der Waals surface area (Å²) >= 11 is 0. The molecule has 2 rings (SSSR count). The van der Waals surface area contributed by atoms with E-state index < -0.39 is 0 Å². The number of rotatable bonds is 5. The predicted molar refractivity (Wildman–Crippen MR) is 76.4 cm³/mol. The fourth-order valence-electron chi connectivity index (χ4n) is 2.58. The maximum absolute atomic E-state index is 5.57. The lowest BCUT2D eigenvalue weighted by Gasteiger charge is -2.29. The van der Waals surface area contributed by atoms with Crippen LogP contribution in [-0.2, 0) is 6.42 Å². The Kier molecular flexibility index (Phi) is 4.88. The summed E-state index contributed by atoms with van der Waals surface area (Å²) in [7, 11) is 1.75. The molecule has 100 valence electrons. The van der Waals surface area contributed by atoms with E-state index in [2.05, 4.69) is 23.1 Å². The lowest BCUT2D eigenvalue weighted by molar-refractivity contribution is 0.409. The minimum atomic E-state index is 0.733. The number of nitrogens with two attached hydrogens (primary N) is 1. The van der Waals surface area contributed by atoms with Gasteiger partial charge in [-0.05, 0) is 50.3 Å². The molecule has 0 aliphatic carbocycles. The van der Waals surface area contributed by atoms with E-state index in [1.165, 1.54) is 43.6 Å². The molecule has 3 nitrogen and oxygen atoms in total. The van der Waals surface area contributed by atoms with Crippen LogP contribution in [0.5, 0.6) is 5.75 Å². The highest BCUT2D eigenvalue weighted by atomic mass is 16.5. The number of methoxy groups -OCH3 is 1. The number of aryl methyl sites for hydroxylation is 1. The lowest BCUT2D eigenvalue weighted by Crippen LogP contribution is -2.29. The van der Waals surface area contributed by atoms with Gasteiger partial charge in [0.15, 0.2) is 0 Å². The minimum Gasteiger partial charge on any atom is -0.496 e. The molecular formula is C15H24N2O. The highest BCUT2D eigenvalue weighted by Gasteiger charge is 2.12. The number of ether oxygens (including phenoxy) is 1. The number of nitrogens with zero attached hydrogens (tertiary/aromatic N) is 1. The molecule has 1 heterocycles. The average molecular weight is 248 g/mol. The fraction of sp³-hybridized carbons (Fsp3) is 0.600. The molecule has 1 aliphatic rings. The van der Waals surface area contributed by atoms with E-state index in [0.29, 0.717) is 0 Å². The minimum absolute atomic E-state index is 0.733. The Hall–Kier alpha value is -1.22. The first-order valence-electron chi connectivity index (χ1n) is 6.97. The van der Waals surface area contributed by atoms with Crippen molar-refractivity contribution in [1.29, 1.82) is 0 Å².